The fourth-order valence-corrected chi connectivity index (χ4v) is 2.57. The van der Waals surface area contributed by atoms with Crippen LogP contribution in [0.2, 0.25) is 0 Å². The Morgan fingerprint density at radius 2 is 2.24 bits per heavy atom. The van der Waals surface area contributed by atoms with Crippen LogP contribution in [0.25, 0.3) is 0 Å². The largest absolute Gasteiger partial charge is 0.399 e. The maximum atomic E-state index is 12.0. The molecule has 114 valence electrons. The minimum absolute atomic E-state index is 0.0866. The molecule has 2 rings (SSSR count). The molecule has 1 aliphatic rings. The number of likely N-dealkylation sites (tertiary alicyclic amines) is 1. The Balaban J connectivity index is 1.85. The molecule has 0 aliphatic carbocycles. The summed E-state index contributed by atoms with van der Waals surface area (Å²) in [7, 11) is 0. The summed E-state index contributed by atoms with van der Waals surface area (Å²) in [6.45, 7) is 5.28. The lowest BCUT2D eigenvalue weighted by Gasteiger charge is -2.16. The standard InChI is InChI=1S/C16H23N3O2/c1-3-12-8-16(21)19(10-12)7-6-15(20)18-14-9-13(17)5-4-11(14)2/h4-5,9,12H,3,6-8,10,17H2,1-2H3,(H,18,20). The van der Waals surface area contributed by atoms with Crippen LogP contribution >= 0.6 is 0 Å². The second-order valence-electron chi connectivity index (χ2n) is 5.69. The number of aryl methyl sites for hydroxylation is 1. The molecule has 0 bridgehead atoms. The number of hydrogen-bond donors (Lipinski definition) is 2. The van der Waals surface area contributed by atoms with Gasteiger partial charge in [-0.2, -0.15) is 0 Å². The molecule has 5 heteroatoms. The maximum absolute atomic E-state index is 12.0. The molecule has 1 aliphatic heterocycles. The zero-order valence-electron chi connectivity index (χ0n) is 12.7. The highest BCUT2D eigenvalue weighted by atomic mass is 16.2. The van der Waals surface area contributed by atoms with Gasteiger partial charge in [0.2, 0.25) is 11.8 Å². The topological polar surface area (TPSA) is 75.4 Å². The van der Waals surface area contributed by atoms with Crippen molar-refractivity contribution >= 4 is 23.2 Å². The van der Waals surface area contributed by atoms with Crippen LogP contribution in [0.3, 0.4) is 0 Å². The molecule has 1 atom stereocenters. The predicted molar refractivity (Wildman–Crippen MR) is 83.8 cm³/mol. The molecule has 3 N–H and O–H groups in total. The van der Waals surface area contributed by atoms with E-state index < -0.39 is 0 Å². The van der Waals surface area contributed by atoms with E-state index in [9.17, 15) is 9.59 Å². The summed E-state index contributed by atoms with van der Waals surface area (Å²) in [5.74, 6) is 0.517. The summed E-state index contributed by atoms with van der Waals surface area (Å²) in [4.78, 5) is 25.6. The van der Waals surface area contributed by atoms with Gasteiger partial charge in [-0.3, -0.25) is 9.59 Å². The van der Waals surface area contributed by atoms with E-state index in [1.807, 2.05) is 13.0 Å². The van der Waals surface area contributed by atoms with E-state index in [4.69, 9.17) is 5.73 Å². The van der Waals surface area contributed by atoms with Crippen LogP contribution in [0, 0.1) is 12.8 Å². The van der Waals surface area contributed by atoms with Gasteiger partial charge in [-0.25, -0.2) is 0 Å². The van der Waals surface area contributed by atoms with Gasteiger partial charge in [-0.05, 0) is 30.5 Å². The monoisotopic (exact) mass is 289 g/mol. The first-order valence-electron chi connectivity index (χ1n) is 7.43. The first-order valence-corrected chi connectivity index (χ1v) is 7.43. The molecule has 1 saturated heterocycles. The molecule has 0 saturated carbocycles. The summed E-state index contributed by atoms with van der Waals surface area (Å²) >= 11 is 0. The van der Waals surface area contributed by atoms with Gasteiger partial charge in [0.15, 0.2) is 0 Å². The van der Waals surface area contributed by atoms with E-state index in [-0.39, 0.29) is 11.8 Å². The Bertz CT molecular complexity index is 542. The number of nitrogens with two attached hydrogens (primary N) is 1. The lowest BCUT2D eigenvalue weighted by Crippen LogP contribution is -2.29. The normalized spacial score (nSPS) is 18.1. The van der Waals surface area contributed by atoms with E-state index in [2.05, 4.69) is 12.2 Å². The molecule has 5 nitrogen and oxygen atoms in total. The zero-order chi connectivity index (χ0) is 15.4. The molecule has 1 unspecified atom stereocenters. The second kappa shape index (κ2) is 6.61. The van der Waals surface area contributed by atoms with Gasteiger partial charge in [0, 0.05) is 37.3 Å². The van der Waals surface area contributed by atoms with Crippen LogP contribution in [-0.2, 0) is 9.59 Å². The molecule has 0 aromatic heterocycles. The quantitative estimate of drug-likeness (QED) is 0.816. The van der Waals surface area contributed by atoms with Crippen molar-refractivity contribution in [3.63, 3.8) is 0 Å². The van der Waals surface area contributed by atoms with Gasteiger partial charge in [0.25, 0.3) is 0 Å². The van der Waals surface area contributed by atoms with E-state index in [1.165, 1.54) is 0 Å². The molecule has 1 aromatic rings. The van der Waals surface area contributed by atoms with Crippen LogP contribution in [0.4, 0.5) is 11.4 Å². The Hall–Kier alpha value is -2.04. The fraction of sp³-hybridized carbons (Fsp3) is 0.500. The van der Waals surface area contributed by atoms with Crippen LogP contribution in [0.5, 0.6) is 0 Å². The van der Waals surface area contributed by atoms with Gasteiger partial charge in [-0.1, -0.05) is 19.4 Å². The van der Waals surface area contributed by atoms with Gasteiger partial charge in [0.05, 0.1) is 0 Å². The van der Waals surface area contributed by atoms with Crippen molar-refractivity contribution < 1.29 is 9.59 Å². The molecule has 0 spiro atoms. The van der Waals surface area contributed by atoms with E-state index >= 15 is 0 Å². The first kappa shape index (κ1) is 15.4. The smallest absolute Gasteiger partial charge is 0.226 e. The third kappa shape index (κ3) is 3.97. The number of anilines is 2. The number of benzene rings is 1. The van der Waals surface area contributed by atoms with Crippen molar-refractivity contribution in [1.29, 1.82) is 0 Å². The summed E-state index contributed by atoms with van der Waals surface area (Å²) < 4.78 is 0. The van der Waals surface area contributed by atoms with Crippen molar-refractivity contribution in [1.82, 2.24) is 4.90 Å². The average molecular weight is 289 g/mol. The minimum Gasteiger partial charge on any atom is -0.399 e. The Labute approximate surface area is 125 Å². The summed E-state index contributed by atoms with van der Waals surface area (Å²) in [6.07, 6.45) is 1.94. The minimum atomic E-state index is -0.0866. The number of carbonyl (C=O) groups excluding carboxylic acids is 2. The van der Waals surface area contributed by atoms with E-state index in [0.717, 1.165) is 24.2 Å². The number of hydrogen-bond acceptors (Lipinski definition) is 3. The summed E-state index contributed by atoms with van der Waals surface area (Å²) in [5.41, 5.74) is 8.05. The highest BCUT2D eigenvalue weighted by molar-refractivity contribution is 5.92. The highest BCUT2D eigenvalue weighted by Gasteiger charge is 2.28. The third-order valence-corrected chi connectivity index (χ3v) is 4.02. The molecule has 1 aromatic carbocycles. The second-order valence-corrected chi connectivity index (χ2v) is 5.69. The Morgan fingerprint density at radius 1 is 1.48 bits per heavy atom. The number of rotatable bonds is 5. The van der Waals surface area contributed by atoms with Crippen molar-refractivity contribution in [2.24, 2.45) is 5.92 Å². The van der Waals surface area contributed by atoms with Gasteiger partial charge in [0.1, 0.15) is 0 Å². The maximum Gasteiger partial charge on any atom is 0.226 e. The average Bonchev–Trinajstić information content (AvgIpc) is 2.81. The van der Waals surface area contributed by atoms with Gasteiger partial charge >= 0.3 is 0 Å². The molecule has 21 heavy (non-hydrogen) atoms. The molecule has 1 heterocycles. The summed E-state index contributed by atoms with van der Waals surface area (Å²) in [6, 6.07) is 5.43. The summed E-state index contributed by atoms with van der Waals surface area (Å²) in [5, 5.41) is 2.86. The van der Waals surface area contributed by atoms with Crippen LogP contribution < -0.4 is 11.1 Å². The van der Waals surface area contributed by atoms with Gasteiger partial charge in [-0.15, -0.1) is 0 Å². The molecule has 2 amide bonds. The Morgan fingerprint density at radius 3 is 2.90 bits per heavy atom. The van der Waals surface area contributed by atoms with E-state index in [0.29, 0.717) is 31.0 Å². The third-order valence-electron chi connectivity index (χ3n) is 4.02. The first-order chi connectivity index (χ1) is 9.99. The van der Waals surface area contributed by atoms with Crippen molar-refractivity contribution in [3.8, 4) is 0 Å². The molecular weight excluding hydrogens is 266 g/mol. The SMILES string of the molecule is CCC1CC(=O)N(CCC(=O)Nc2cc(N)ccc2C)C1. The van der Waals surface area contributed by atoms with Crippen molar-refractivity contribution in [3.05, 3.63) is 23.8 Å². The lowest BCUT2D eigenvalue weighted by molar-refractivity contribution is -0.128. The van der Waals surface area contributed by atoms with Crippen molar-refractivity contribution in [2.45, 2.75) is 33.1 Å². The number of nitrogens with one attached hydrogen (secondary N) is 1. The fourth-order valence-electron chi connectivity index (χ4n) is 2.57. The highest BCUT2D eigenvalue weighted by Crippen LogP contribution is 2.21. The van der Waals surface area contributed by atoms with Crippen molar-refractivity contribution in [2.75, 3.05) is 24.1 Å². The number of nitrogens with zero attached hydrogens (tertiary/aromatic N) is 1. The molecular formula is C16H23N3O2. The van der Waals surface area contributed by atoms with Crippen LogP contribution in [0.1, 0.15) is 31.7 Å². The number of carbonyl (C=O) groups is 2. The van der Waals surface area contributed by atoms with Gasteiger partial charge < -0.3 is 16.0 Å². The number of amides is 2. The molecule has 0 radical (unpaired) electrons. The number of nitrogen functional groups attached to an aromatic ring is 1. The van der Waals surface area contributed by atoms with Crippen LogP contribution in [-0.4, -0.2) is 29.8 Å². The van der Waals surface area contributed by atoms with E-state index in [1.54, 1.807) is 17.0 Å². The lowest BCUT2D eigenvalue weighted by atomic mass is 10.1. The van der Waals surface area contributed by atoms with Crippen LogP contribution in [0.15, 0.2) is 18.2 Å². The molecule has 1 fully saturated rings. The predicted octanol–water partition coefficient (Wildman–Crippen LogP) is 2.16. The zero-order valence-corrected chi connectivity index (χ0v) is 12.7. The Kier molecular flexibility index (Phi) is 4.83.